The molecule has 15 heavy (non-hydrogen) atoms. The van der Waals surface area contributed by atoms with Gasteiger partial charge in [-0.15, -0.1) is 0 Å². The molecule has 5 nitrogen and oxygen atoms in total. The van der Waals surface area contributed by atoms with Crippen LogP contribution in [0.1, 0.15) is 29.6 Å². The second kappa shape index (κ2) is 3.84. The fourth-order valence-corrected chi connectivity index (χ4v) is 1.70. The Balaban J connectivity index is 2.29. The zero-order valence-electron chi connectivity index (χ0n) is 8.55. The Morgan fingerprint density at radius 1 is 1.60 bits per heavy atom. The first kappa shape index (κ1) is 9.89. The summed E-state index contributed by atoms with van der Waals surface area (Å²) in [5, 5.41) is 8.98. The van der Waals surface area contributed by atoms with Crippen molar-refractivity contribution in [3.8, 4) is 0 Å². The molecule has 1 heterocycles. The van der Waals surface area contributed by atoms with Crippen LogP contribution >= 0.6 is 0 Å². The molecule has 0 bridgehead atoms. The van der Waals surface area contributed by atoms with Crippen molar-refractivity contribution in [3.63, 3.8) is 0 Å². The number of anilines is 1. The number of rotatable bonds is 3. The Morgan fingerprint density at radius 3 is 2.87 bits per heavy atom. The standard InChI is InChI=1S/C10H13N3O2/c1-13(7-3-2-4-7)9-8(10(14)15)5-11-6-12-9/h5-7H,2-4H2,1H3,(H,14,15). The average molecular weight is 207 g/mol. The highest BCUT2D eigenvalue weighted by Crippen LogP contribution is 2.28. The fourth-order valence-electron chi connectivity index (χ4n) is 1.70. The number of aromatic nitrogens is 2. The van der Waals surface area contributed by atoms with Crippen molar-refractivity contribution in [1.82, 2.24) is 9.97 Å². The lowest BCUT2D eigenvalue weighted by Gasteiger charge is -2.35. The Bertz CT molecular complexity index is 377. The summed E-state index contributed by atoms with van der Waals surface area (Å²) >= 11 is 0. The van der Waals surface area contributed by atoms with Gasteiger partial charge < -0.3 is 10.0 Å². The van der Waals surface area contributed by atoms with Crippen molar-refractivity contribution >= 4 is 11.8 Å². The fraction of sp³-hybridized carbons (Fsp3) is 0.500. The molecule has 0 atom stereocenters. The van der Waals surface area contributed by atoms with Gasteiger partial charge in [-0.05, 0) is 19.3 Å². The lowest BCUT2D eigenvalue weighted by molar-refractivity contribution is 0.0696. The number of nitrogens with zero attached hydrogens (tertiary/aromatic N) is 3. The van der Waals surface area contributed by atoms with Crippen LogP contribution < -0.4 is 4.90 Å². The van der Waals surface area contributed by atoms with Gasteiger partial charge in [-0.3, -0.25) is 0 Å². The molecular weight excluding hydrogens is 194 g/mol. The van der Waals surface area contributed by atoms with Crippen LogP contribution in [0.2, 0.25) is 0 Å². The normalized spacial score (nSPS) is 15.8. The number of carbonyl (C=O) groups is 1. The van der Waals surface area contributed by atoms with E-state index in [1.165, 1.54) is 18.9 Å². The quantitative estimate of drug-likeness (QED) is 0.805. The highest BCUT2D eigenvalue weighted by Gasteiger charge is 2.26. The van der Waals surface area contributed by atoms with Crippen LogP contribution in [0, 0.1) is 0 Å². The molecule has 80 valence electrons. The first-order chi connectivity index (χ1) is 7.20. The van der Waals surface area contributed by atoms with Gasteiger partial charge in [0.1, 0.15) is 17.7 Å². The van der Waals surface area contributed by atoms with E-state index in [1.54, 1.807) is 0 Å². The summed E-state index contributed by atoms with van der Waals surface area (Å²) < 4.78 is 0. The van der Waals surface area contributed by atoms with E-state index >= 15 is 0 Å². The zero-order valence-corrected chi connectivity index (χ0v) is 8.55. The molecule has 0 spiro atoms. The summed E-state index contributed by atoms with van der Waals surface area (Å²) in [5.74, 6) is -0.459. The molecule has 0 saturated heterocycles. The van der Waals surface area contributed by atoms with Crippen molar-refractivity contribution < 1.29 is 9.90 Å². The van der Waals surface area contributed by atoms with E-state index < -0.39 is 5.97 Å². The van der Waals surface area contributed by atoms with Gasteiger partial charge in [0.2, 0.25) is 0 Å². The minimum Gasteiger partial charge on any atom is -0.477 e. The largest absolute Gasteiger partial charge is 0.477 e. The van der Waals surface area contributed by atoms with Crippen LogP contribution in [-0.2, 0) is 0 Å². The van der Waals surface area contributed by atoms with Gasteiger partial charge in [0, 0.05) is 19.3 Å². The average Bonchev–Trinajstić information content (AvgIpc) is 2.15. The number of hydrogen-bond donors (Lipinski definition) is 1. The summed E-state index contributed by atoms with van der Waals surface area (Å²) in [6, 6.07) is 0.429. The third kappa shape index (κ3) is 1.77. The summed E-state index contributed by atoms with van der Waals surface area (Å²) in [6.45, 7) is 0. The summed E-state index contributed by atoms with van der Waals surface area (Å²) in [5.41, 5.74) is 0.173. The molecule has 2 rings (SSSR count). The van der Waals surface area contributed by atoms with Crippen LogP contribution in [0.15, 0.2) is 12.5 Å². The van der Waals surface area contributed by atoms with Crippen LogP contribution in [0.4, 0.5) is 5.82 Å². The Morgan fingerprint density at radius 2 is 2.33 bits per heavy atom. The predicted octanol–water partition coefficient (Wildman–Crippen LogP) is 1.16. The van der Waals surface area contributed by atoms with E-state index in [4.69, 9.17) is 5.11 Å². The molecule has 1 fully saturated rings. The molecule has 1 aliphatic carbocycles. The van der Waals surface area contributed by atoms with Crippen LogP contribution in [0.3, 0.4) is 0 Å². The molecular formula is C10H13N3O2. The zero-order chi connectivity index (χ0) is 10.8. The van der Waals surface area contributed by atoms with Crippen LogP contribution in [-0.4, -0.2) is 34.1 Å². The van der Waals surface area contributed by atoms with Gasteiger partial charge in [-0.2, -0.15) is 0 Å². The van der Waals surface area contributed by atoms with Crippen molar-refractivity contribution in [2.45, 2.75) is 25.3 Å². The van der Waals surface area contributed by atoms with Gasteiger partial charge in [0.15, 0.2) is 0 Å². The SMILES string of the molecule is CN(c1ncncc1C(=O)O)C1CCC1. The molecule has 0 aliphatic heterocycles. The first-order valence-electron chi connectivity index (χ1n) is 4.96. The molecule has 0 radical (unpaired) electrons. The van der Waals surface area contributed by atoms with Gasteiger partial charge >= 0.3 is 5.97 Å². The van der Waals surface area contributed by atoms with E-state index in [2.05, 4.69) is 9.97 Å². The minimum absolute atomic E-state index is 0.173. The Hall–Kier alpha value is -1.65. The number of carboxylic acids is 1. The lowest BCUT2D eigenvalue weighted by atomic mass is 9.92. The molecule has 0 amide bonds. The van der Waals surface area contributed by atoms with E-state index in [9.17, 15) is 4.79 Å². The second-order valence-corrected chi connectivity index (χ2v) is 3.76. The van der Waals surface area contributed by atoms with Crippen molar-refractivity contribution in [2.24, 2.45) is 0 Å². The highest BCUT2D eigenvalue weighted by atomic mass is 16.4. The van der Waals surface area contributed by atoms with Gasteiger partial charge in [0.05, 0.1) is 0 Å². The summed E-state index contributed by atoms with van der Waals surface area (Å²) in [4.78, 5) is 20.7. The molecule has 0 aromatic carbocycles. The van der Waals surface area contributed by atoms with Gasteiger partial charge in [0.25, 0.3) is 0 Å². The molecule has 1 aromatic heterocycles. The van der Waals surface area contributed by atoms with E-state index in [1.807, 2.05) is 11.9 Å². The Labute approximate surface area is 87.8 Å². The molecule has 1 saturated carbocycles. The molecule has 1 aromatic rings. The summed E-state index contributed by atoms with van der Waals surface area (Å²) in [7, 11) is 1.89. The van der Waals surface area contributed by atoms with Crippen molar-refractivity contribution in [1.29, 1.82) is 0 Å². The maximum atomic E-state index is 10.9. The number of carboxylic acid groups (broad SMARTS) is 1. The molecule has 0 unspecified atom stereocenters. The van der Waals surface area contributed by atoms with Crippen molar-refractivity contribution in [2.75, 3.05) is 11.9 Å². The lowest BCUT2D eigenvalue weighted by Crippen LogP contribution is -2.38. The molecule has 1 aliphatic rings. The third-order valence-electron chi connectivity index (χ3n) is 2.88. The second-order valence-electron chi connectivity index (χ2n) is 3.76. The maximum absolute atomic E-state index is 10.9. The van der Waals surface area contributed by atoms with Gasteiger partial charge in [-0.1, -0.05) is 0 Å². The third-order valence-corrected chi connectivity index (χ3v) is 2.88. The first-order valence-corrected chi connectivity index (χ1v) is 4.96. The smallest absolute Gasteiger partial charge is 0.341 e. The Kier molecular flexibility index (Phi) is 2.53. The van der Waals surface area contributed by atoms with E-state index in [-0.39, 0.29) is 5.56 Å². The number of hydrogen-bond acceptors (Lipinski definition) is 4. The minimum atomic E-state index is -0.975. The van der Waals surface area contributed by atoms with Crippen molar-refractivity contribution in [3.05, 3.63) is 18.1 Å². The summed E-state index contributed by atoms with van der Waals surface area (Å²) in [6.07, 6.45) is 6.17. The van der Waals surface area contributed by atoms with Crippen LogP contribution in [0.5, 0.6) is 0 Å². The predicted molar refractivity (Wildman–Crippen MR) is 55.0 cm³/mol. The maximum Gasteiger partial charge on any atom is 0.341 e. The highest BCUT2D eigenvalue weighted by molar-refractivity contribution is 5.92. The number of aromatic carboxylic acids is 1. The van der Waals surface area contributed by atoms with E-state index in [0.29, 0.717) is 11.9 Å². The van der Waals surface area contributed by atoms with Gasteiger partial charge in [-0.25, -0.2) is 14.8 Å². The molecule has 5 heteroatoms. The van der Waals surface area contributed by atoms with Crippen LogP contribution in [0.25, 0.3) is 0 Å². The monoisotopic (exact) mass is 207 g/mol. The topological polar surface area (TPSA) is 66.3 Å². The molecule has 1 N–H and O–H groups in total. The van der Waals surface area contributed by atoms with E-state index in [0.717, 1.165) is 12.8 Å².